The molecule has 1 aliphatic rings. The van der Waals surface area contributed by atoms with Gasteiger partial charge in [0.25, 0.3) is 11.8 Å². The van der Waals surface area contributed by atoms with Gasteiger partial charge in [0.1, 0.15) is 0 Å². The fourth-order valence-electron chi connectivity index (χ4n) is 4.84. The fourth-order valence-corrected chi connectivity index (χ4v) is 6.21. The summed E-state index contributed by atoms with van der Waals surface area (Å²) < 4.78 is 26.4. The number of hydrogen-bond donors (Lipinski definition) is 3. The van der Waals surface area contributed by atoms with Gasteiger partial charge in [-0.15, -0.1) is 0 Å². The first-order valence-electron chi connectivity index (χ1n) is 13.2. The van der Waals surface area contributed by atoms with Crippen molar-refractivity contribution in [3.05, 3.63) is 81.7 Å². The summed E-state index contributed by atoms with van der Waals surface area (Å²) in [5.74, 6) is -0.774. The van der Waals surface area contributed by atoms with Gasteiger partial charge in [-0.3, -0.25) is 9.59 Å². The number of amides is 2. The van der Waals surface area contributed by atoms with Crippen molar-refractivity contribution in [2.45, 2.75) is 38.3 Å². The molecule has 3 N–H and O–H groups in total. The lowest BCUT2D eigenvalue weighted by atomic mass is 10.0. The Bertz CT molecular complexity index is 1630. The van der Waals surface area contributed by atoms with Crippen molar-refractivity contribution in [1.29, 1.82) is 5.26 Å². The van der Waals surface area contributed by atoms with E-state index in [1.165, 1.54) is 12.1 Å². The molecule has 3 aromatic rings. The lowest BCUT2D eigenvalue weighted by molar-refractivity contribution is -0.110. The van der Waals surface area contributed by atoms with Gasteiger partial charge in [-0.05, 0) is 74.5 Å². The summed E-state index contributed by atoms with van der Waals surface area (Å²) >= 11 is 0. The summed E-state index contributed by atoms with van der Waals surface area (Å²) in [5.41, 5.74) is 4.84. The van der Waals surface area contributed by atoms with Crippen LogP contribution in [0.25, 0.3) is 11.6 Å². The molecule has 0 bridgehead atoms. The third-order valence-corrected chi connectivity index (χ3v) is 8.86. The Morgan fingerprint density at radius 1 is 1.10 bits per heavy atom. The van der Waals surface area contributed by atoms with Crippen LogP contribution in [0.1, 0.15) is 57.8 Å². The molecule has 2 aromatic carbocycles. The van der Waals surface area contributed by atoms with E-state index in [2.05, 4.69) is 34.4 Å². The second-order valence-corrected chi connectivity index (χ2v) is 11.7. The van der Waals surface area contributed by atoms with Crippen LogP contribution in [0.3, 0.4) is 0 Å². The number of likely N-dealkylation sites (N-methyl/N-ethyl adjacent to an activating group) is 1. The minimum absolute atomic E-state index is 0.0886. The molecule has 0 fully saturated rings. The zero-order chi connectivity index (χ0) is 29.0. The summed E-state index contributed by atoms with van der Waals surface area (Å²) in [5, 5.41) is 14.8. The number of carbonyl (C=O) groups excluding carboxylic acids is 2. The van der Waals surface area contributed by atoms with E-state index in [1.54, 1.807) is 36.4 Å². The number of aryl methyl sites for hydroxylation is 1. The molecular weight excluding hydrogens is 526 g/mol. The van der Waals surface area contributed by atoms with Gasteiger partial charge in [-0.1, -0.05) is 26.0 Å². The maximum absolute atomic E-state index is 13.2. The number of H-pyrrole nitrogens is 1. The lowest BCUT2D eigenvalue weighted by Gasteiger charge is -2.18. The number of anilines is 1. The highest BCUT2D eigenvalue weighted by Gasteiger charge is 2.28. The third-order valence-electron chi connectivity index (χ3n) is 7.17. The summed E-state index contributed by atoms with van der Waals surface area (Å²) in [6.45, 7) is 10.9. The monoisotopic (exact) mass is 559 g/mol. The van der Waals surface area contributed by atoms with E-state index in [0.717, 1.165) is 19.6 Å². The van der Waals surface area contributed by atoms with Crippen molar-refractivity contribution in [3.63, 3.8) is 0 Å². The number of aromatic nitrogens is 1. The third kappa shape index (κ3) is 6.01. The molecule has 0 atom stereocenters. The molecule has 0 aliphatic carbocycles. The number of carbonyl (C=O) groups is 2. The van der Waals surface area contributed by atoms with Crippen LogP contribution in [0, 0.1) is 25.2 Å². The second kappa shape index (κ2) is 11.9. The van der Waals surface area contributed by atoms with E-state index in [9.17, 15) is 18.0 Å². The number of hydrogen-bond acceptors (Lipinski definition) is 6. The van der Waals surface area contributed by atoms with E-state index in [4.69, 9.17) is 5.26 Å². The van der Waals surface area contributed by atoms with Crippen LogP contribution in [0.15, 0.2) is 47.4 Å². The first-order valence-corrected chi connectivity index (χ1v) is 14.8. The zero-order valence-corrected chi connectivity index (χ0v) is 23.9. The standard InChI is InChI=1S/C30H33N5O4S/c1-5-35(6-2)14-13-32-30(37)28-19(3)27(33-20(28)4)16-25-24-15-23(11-12-26(24)34-29(25)36)40(38,39)18-22-9-7-21(17-31)8-10-22/h7-12,15-16,33H,5-6,13-14,18H2,1-4H3,(H,32,37)(H,34,36). The normalized spacial score (nSPS) is 13.8. The molecule has 0 unspecified atom stereocenters. The van der Waals surface area contributed by atoms with Crippen molar-refractivity contribution >= 4 is 39.0 Å². The molecule has 0 saturated heterocycles. The van der Waals surface area contributed by atoms with Crippen LogP contribution in [0.4, 0.5) is 5.69 Å². The quantitative estimate of drug-likeness (QED) is 0.321. The maximum atomic E-state index is 13.2. The van der Waals surface area contributed by atoms with E-state index in [-0.39, 0.29) is 22.5 Å². The highest BCUT2D eigenvalue weighted by molar-refractivity contribution is 7.90. The molecule has 9 nitrogen and oxygen atoms in total. The first-order chi connectivity index (χ1) is 19.1. The Hall–Kier alpha value is -4.20. The van der Waals surface area contributed by atoms with Crippen molar-refractivity contribution in [2.75, 3.05) is 31.5 Å². The van der Waals surface area contributed by atoms with Gasteiger partial charge >= 0.3 is 0 Å². The molecule has 1 aromatic heterocycles. The molecule has 40 heavy (non-hydrogen) atoms. The number of aromatic amines is 1. The van der Waals surface area contributed by atoms with Crippen molar-refractivity contribution < 1.29 is 18.0 Å². The first kappa shape index (κ1) is 28.8. The molecular formula is C30H33N5O4S. The Kier molecular flexibility index (Phi) is 8.57. The minimum atomic E-state index is -3.72. The van der Waals surface area contributed by atoms with Crippen LogP contribution in [-0.4, -0.2) is 56.3 Å². The lowest BCUT2D eigenvalue weighted by Crippen LogP contribution is -2.35. The summed E-state index contributed by atoms with van der Waals surface area (Å²) in [7, 11) is -3.72. The molecule has 208 valence electrons. The van der Waals surface area contributed by atoms with Crippen LogP contribution in [-0.2, 0) is 20.4 Å². The number of nitriles is 1. The van der Waals surface area contributed by atoms with Gasteiger partial charge in [0.05, 0.1) is 33.4 Å². The predicted molar refractivity (Wildman–Crippen MR) is 155 cm³/mol. The van der Waals surface area contributed by atoms with E-state index in [1.807, 2.05) is 19.9 Å². The van der Waals surface area contributed by atoms with E-state index >= 15 is 0 Å². The number of nitrogens with one attached hydrogen (secondary N) is 3. The molecule has 1 aliphatic heterocycles. The molecule has 0 spiro atoms. The van der Waals surface area contributed by atoms with Gasteiger partial charge in [0.2, 0.25) is 0 Å². The zero-order valence-electron chi connectivity index (χ0n) is 23.1. The van der Waals surface area contributed by atoms with Crippen molar-refractivity contribution in [3.8, 4) is 6.07 Å². The van der Waals surface area contributed by atoms with Crippen LogP contribution in [0.5, 0.6) is 0 Å². The minimum Gasteiger partial charge on any atom is -0.358 e. The topological polar surface area (TPSA) is 135 Å². The molecule has 0 saturated carbocycles. The average molecular weight is 560 g/mol. The molecule has 2 amide bonds. The largest absolute Gasteiger partial charge is 0.358 e. The van der Waals surface area contributed by atoms with Crippen LogP contribution >= 0.6 is 0 Å². The molecule has 4 rings (SSSR count). The molecule has 10 heteroatoms. The second-order valence-electron chi connectivity index (χ2n) is 9.73. The number of nitrogens with zero attached hydrogens (tertiary/aromatic N) is 2. The molecule has 2 heterocycles. The van der Waals surface area contributed by atoms with Crippen LogP contribution < -0.4 is 10.6 Å². The smallest absolute Gasteiger partial charge is 0.256 e. The average Bonchev–Trinajstić information content (AvgIpc) is 3.40. The van der Waals surface area contributed by atoms with Gasteiger partial charge in [-0.25, -0.2) is 8.42 Å². The Morgan fingerprint density at radius 3 is 2.45 bits per heavy atom. The van der Waals surface area contributed by atoms with E-state index in [0.29, 0.717) is 57.0 Å². The fraction of sp³-hybridized carbons (Fsp3) is 0.300. The number of rotatable bonds is 10. The van der Waals surface area contributed by atoms with Gasteiger partial charge in [0.15, 0.2) is 9.84 Å². The highest BCUT2D eigenvalue weighted by Crippen LogP contribution is 2.36. The van der Waals surface area contributed by atoms with E-state index < -0.39 is 9.84 Å². The maximum Gasteiger partial charge on any atom is 0.256 e. The predicted octanol–water partition coefficient (Wildman–Crippen LogP) is 4.04. The molecule has 0 radical (unpaired) electrons. The number of benzene rings is 2. The Labute approximate surface area is 234 Å². The van der Waals surface area contributed by atoms with Gasteiger partial charge in [-0.2, -0.15) is 5.26 Å². The SMILES string of the molecule is CCN(CC)CCNC(=O)c1c(C)[nH]c(C=C2C(=O)Nc3ccc(S(=O)(=O)Cc4ccc(C#N)cc4)cc32)c1C. The summed E-state index contributed by atoms with van der Waals surface area (Å²) in [6.07, 6.45) is 1.66. The van der Waals surface area contributed by atoms with Crippen molar-refractivity contribution in [2.24, 2.45) is 0 Å². The Balaban J connectivity index is 1.60. The number of sulfone groups is 1. The number of fused-ring (bicyclic) bond motifs is 1. The van der Waals surface area contributed by atoms with Crippen molar-refractivity contribution in [1.82, 2.24) is 15.2 Å². The van der Waals surface area contributed by atoms with Crippen LogP contribution in [0.2, 0.25) is 0 Å². The van der Waals surface area contributed by atoms with Gasteiger partial charge < -0.3 is 20.5 Å². The summed E-state index contributed by atoms with van der Waals surface area (Å²) in [4.78, 5) is 31.4. The summed E-state index contributed by atoms with van der Waals surface area (Å²) in [6, 6.07) is 13.0. The Morgan fingerprint density at radius 2 is 1.80 bits per heavy atom. The highest BCUT2D eigenvalue weighted by atomic mass is 32.2. The van der Waals surface area contributed by atoms with Gasteiger partial charge in [0, 0.05) is 35.7 Å².